The number of hydrogen-bond donors (Lipinski definition) is 1. The van der Waals surface area contributed by atoms with Crippen LogP contribution in [0.4, 0.5) is 5.69 Å². The predicted molar refractivity (Wildman–Crippen MR) is 105 cm³/mol. The lowest BCUT2D eigenvalue weighted by molar-refractivity contribution is -0.117. The average molecular weight is 410 g/mol. The van der Waals surface area contributed by atoms with Gasteiger partial charge in [-0.2, -0.15) is 10.1 Å². The van der Waals surface area contributed by atoms with E-state index >= 15 is 0 Å². The van der Waals surface area contributed by atoms with Crippen LogP contribution in [0.25, 0.3) is 23.0 Å². The predicted octanol–water partition coefficient (Wildman–Crippen LogP) is 4.20. The molecule has 146 valence electrons. The number of hydrogen-bond acceptors (Lipinski definition) is 6. The lowest BCUT2D eigenvalue weighted by Crippen LogP contribution is -2.24. The highest BCUT2D eigenvalue weighted by molar-refractivity contribution is 6.31. The summed E-state index contributed by atoms with van der Waals surface area (Å²) in [5, 5.41) is 11.8. The monoisotopic (exact) mass is 409 g/mol. The highest BCUT2D eigenvalue weighted by Crippen LogP contribution is 2.33. The second kappa shape index (κ2) is 6.89. The minimum atomic E-state index is -0.150. The van der Waals surface area contributed by atoms with Gasteiger partial charge in [0, 0.05) is 35.7 Å². The number of nitrogens with zero attached hydrogens (tertiary/aromatic N) is 4. The Labute approximate surface area is 170 Å². The largest absolute Gasteiger partial charge is 0.463 e. The summed E-state index contributed by atoms with van der Waals surface area (Å²) in [6.07, 6.45) is 1.90. The van der Waals surface area contributed by atoms with Crippen molar-refractivity contribution in [3.05, 3.63) is 59.1 Å². The highest BCUT2D eigenvalue weighted by Gasteiger charge is 2.35. The number of benzene rings is 1. The number of carbonyl (C=O) groups excluding carboxylic acids is 1. The van der Waals surface area contributed by atoms with Gasteiger partial charge in [0.2, 0.25) is 5.91 Å². The van der Waals surface area contributed by atoms with Crippen molar-refractivity contribution in [1.82, 2.24) is 20.3 Å². The average Bonchev–Trinajstić information content (AvgIpc) is 3.49. The van der Waals surface area contributed by atoms with Gasteiger partial charge in [-0.15, -0.1) is 0 Å². The van der Waals surface area contributed by atoms with E-state index in [-0.39, 0.29) is 11.8 Å². The van der Waals surface area contributed by atoms with E-state index < -0.39 is 0 Å². The molecule has 1 aromatic carbocycles. The van der Waals surface area contributed by atoms with Gasteiger partial charge >= 0.3 is 0 Å². The van der Waals surface area contributed by atoms with Crippen LogP contribution in [0.15, 0.2) is 51.6 Å². The summed E-state index contributed by atoms with van der Waals surface area (Å²) >= 11 is 6.09. The summed E-state index contributed by atoms with van der Waals surface area (Å²) in [5.74, 6) is 1.32. The Hall–Kier alpha value is -3.39. The molecule has 9 heteroatoms. The summed E-state index contributed by atoms with van der Waals surface area (Å²) < 4.78 is 10.7. The number of anilines is 1. The summed E-state index contributed by atoms with van der Waals surface area (Å²) in [5.41, 5.74) is 2.98. The summed E-state index contributed by atoms with van der Waals surface area (Å²) in [7, 11) is 0. The molecule has 0 radical (unpaired) electrons. The zero-order valence-electron chi connectivity index (χ0n) is 15.4. The molecule has 29 heavy (non-hydrogen) atoms. The van der Waals surface area contributed by atoms with Gasteiger partial charge in [-0.3, -0.25) is 9.89 Å². The Balaban J connectivity index is 1.36. The van der Waals surface area contributed by atoms with Crippen LogP contribution in [0, 0.1) is 6.92 Å². The first kappa shape index (κ1) is 17.7. The van der Waals surface area contributed by atoms with Gasteiger partial charge in [-0.1, -0.05) is 16.8 Å². The molecule has 8 nitrogen and oxygen atoms in total. The van der Waals surface area contributed by atoms with Crippen LogP contribution >= 0.6 is 11.6 Å². The van der Waals surface area contributed by atoms with Crippen LogP contribution in [0.5, 0.6) is 0 Å². The van der Waals surface area contributed by atoms with Crippen molar-refractivity contribution in [2.45, 2.75) is 19.3 Å². The van der Waals surface area contributed by atoms with Gasteiger partial charge in [0.1, 0.15) is 11.4 Å². The maximum Gasteiger partial charge on any atom is 0.275 e. The zero-order chi connectivity index (χ0) is 20.0. The number of nitrogens with one attached hydrogen (secondary N) is 1. The topological polar surface area (TPSA) is 101 Å². The standard InChI is InChI=1S/C20H16ClN5O3/c1-11-7-13(4-5-14(11)21)26-10-12(8-18(26)27)19-22-20(29-25-19)16-9-15(23-24-16)17-3-2-6-28-17/h2-7,9,12H,8,10H2,1H3,(H,23,24). The third-order valence-electron chi connectivity index (χ3n) is 4.97. The number of aryl methyl sites for hydroxylation is 1. The summed E-state index contributed by atoms with van der Waals surface area (Å²) in [6.45, 7) is 2.40. The smallest absolute Gasteiger partial charge is 0.275 e. The lowest BCUT2D eigenvalue weighted by Gasteiger charge is -2.17. The van der Waals surface area contributed by atoms with E-state index in [1.807, 2.05) is 25.1 Å². The molecule has 5 rings (SSSR count). The molecule has 4 heterocycles. The van der Waals surface area contributed by atoms with Crippen LogP contribution in [-0.4, -0.2) is 32.8 Å². The SMILES string of the molecule is Cc1cc(N2CC(c3noc(-c4cc(-c5ccco5)n[nH]4)n3)CC2=O)ccc1Cl. The van der Waals surface area contributed by atoms with Crippen LogP contribution in [-0.2, 0) is 4.79 Å². The quantitative estimate of drug-likeness (QED) is 0.542. The maximum absolute atomic E-state index is 12.5. The maximum atomic E-state index is 12.5. The first-order valence-corrected chi connectivity index (χ1v) is 9.46. The van der Waals surface area contributed by atoms with Crippen molar-refractivity contribution in [3.63, 3.8) is 0 Å². The summed E-state index contributed by atoms with van der Waals surface area (Å²) in [4.78, 5) is 18.7. The number of furan rings is 1. The van der Waals surface area contributed by atoms with Crippen LogP contribution in [0.1, 0.15) is 23.7 Å². The minimum absolute atomic E-state index is 0.0183. The molecule has 1 fully saturated rings. The molecule has 0 spiro atoms. The number of halogens is 1. The van der Waals surface area contributed by atoms with Gasteiger partial charge < -0.3 is 13.8 Å². The van der Waals surface area contributed by atoms with Crippen molar-refractivity contribution >= 4 is 23.2 Å². The van der Waals surface area contributed by atoms with Crippen LogP contribution < -0.4 is 4.90 Å². The number of amides is 1. The molecule has 0 saturated carbocycles. The fourth-order valence-electron chi connectivity index (χ4n) is 3.42. The number of H-pyrrole nitrogens is 1. The third kappa shape index (κ3) is 3.21. The van der Waals surface area contributed by atoms with E-state index in [4.69, 9.17) is 20.5 Å². The fourth-order valence-corrected chi connectivity index (χ4v) is 3.54. The van der Waals surface area contributed by atoms with Gasteiger partial charge in [0.05, 0.1) is 6.26 Å². The Morgan fingerprint density at radius 2 is 2.17 bits per heavy atom. The second-order valence-electron chi connectivity index (χ2n) is 6.94. The molecular weight excluding hydrogens is 394 g/mol. The number of carbonyl (C=O) groups is 1. The zero-order valence-corrected chi connectivity index (χ0v) is 16.2. The minimum Gasteiger partial charge on any atom is -0.463 e. The van der Waals surface area contributed by atoms with E-state index in [9.17, 15) is 4.79 Å². The van der Waals surface area contributed by atoms with Crippen LogP contribution in [0.3, 0.4) is 0 Å². The fraction of sp³-hybridized carbons (Fsp3) is 0.200. The molecule has 1 unspecified atom stereocenters. The van der Waals surface area contributed by atoms with Gasteiger partial charge in [-0.25, -0.2) is 0 Å². The molecule has 4 aromatic rings. The van der Waals surface area contributed by atoms with Gasteiger partial charge in [0.25, 0.3) is 5.89 Å². The highest BCUT2D eigenvalue weighted by atomic mass is 35.5. The first-order valence-electron chi connectivity index (χ1n) is 9.08. The molecule has 1 N–H and O–H groups in total. The van der Waals surface area contributed by atoms with Gasteiger partial charge in [0.15, 0.2) is 11.6 Å². The number of aromatic nitrogens is 4. The first-order chi connectivity index (χ1) is 14.1. The Morgan fingerprint density at radius 1 is 1.28 bits per heavy atom. The number of aromatic amines is 1. The second-order valence-corrected chi connectivity index (χ2v) is 7.35. The van der Waals surface area contributed by atoms with Crippen molar-refractivity contribution in [1.29, 1.82) is 0 Å². The molecule has 0 aliphatic carbocycles. The van der Waals surface area contributed by atoms with E-state index in [0.717, 1.165) is 11.3 Å². The molecule has 1 saturated heterocycles. The van der Waals surface area contributed by atoms with Crippen LogP contribution in [0.2, 0.25) is 5.02 Å². The van der Waals surface area contributed by atoms with Crippen molar-refractivity contribution in [2.24, 2.45) is 0 Å². The van der Waals surface area contributed by atoms with E-state index in [1.165, 1.54) is 0 Å². The van der Waals surface area contributed by atoms with Gasteiger partial charge in [-0.05, 0) is 42.8 Å². The van der Waals surface area contributed by atoms with E-state index in [1.54, 1.807) is 29.4 Å². The van der Waals surface area contributed by atoms with E-state index in [0.29, 0.717) is 46.9 Å². The Kier molecular flexibility index (Phi) is 4.21. The molecule has 1 atom stereocenters. The molecule has 3 aromatic heterocycles. The molecule has 0 bridgehead atoms. The van der Waals surface area contributed by atoms with Crippen molar-refractivity contribution in [3.8, 4) is 23.0 Å². The molecule has 1 aliphatic rings. The van der Waals surface area contributed by atoms with Crippen molar-refractivity contribution < 1.29 is 13.7 Å². The normalized spacial score (nSPS) is 16.7. The number of rotatable bonds is 4. The summed E-state index contributed by atoms with van der Waals surface area (Å²) in [6, 6.07) is 10.9. The Bertz CT molecular complexity index is 1180. The van der Waals surface area contributed by atoms with E-state index in [2.05, 4.69) is 20.3 Å². The third-order valence-corrected chi connectivity index (χ3v) is 5.39. The molecule has 1 amide bonds. The lowest BCUT2D eigenvalue weighted by atomic mass is 10.1. The molecular formula is C20H16ClN5O3. The van der Waals surface area contributed by atoms with Crippen molar-refractivity contribution in [2.75, 3.05) is 11.4 Å². The Morgan fingerprint density at radius 3 is 2.97 bits per heavy atom. The molecule has 1 aliphatic heterocycles.